The van der Waals surface area contributed by atoms with Gasteiger partial charge in [0.1, 0.15) is 23.1 Å². The molecule has 0 spiro atoms. The molecule has 2 rings (SSSR count). The first-order valence-electron chi connectivity index (χ1n) is 6.99. The molecule has 1 unspecified atom stereocenters. The Balaban J connectivity index is 2.38. The van der Waals surface area contributed by atoms with Crippen LogP contribution in [0.3, 0.4) is 0 Å². The predicted molar refractivity (Wildman–Crippen MR) is 81.6 cm³/mol. The molecule has 0 aliphatic heterocycles. The fourth-order valence-corrected chi connectivity index (χ4v) is 2.28. The highest BCUT2D eigenvalue weighted by atomic mass is 19.1. The summed E-state index contributed by atoms with van der Waals surface area (Å²) in [5.74, 6) is 1.55. The second-order valence-electron chi connectivity index (χ2n) is 4.71. The number of nitrogens with one attached hydrogen (secondary N) is 1. The fraction of sp³-hybridized carbons (Fsp3) is 0.294. The van der Waals surface area contributed by atoms with Crippen LogP contribution in [0, 0.1) is 5.82 Å². The van der Waals surface area contributed by atoms with Gasteiger partial charge in [0.2, 0.25) is 0 Å². The summed E-state index contributed by atoms with van der Waals surface area (Å²) < 4.78 is 24.5. The molecule has 0 saturated carbocycles. The summed E-state index contributed by atoms with van der Waals surface area (Å²) in [5.41, 5.74) is 0.922. The minimum Gasteiger partial charge on any atom is -0.496 e. The van der Waals surface area contributed by atoms with E-state index in [-0.39, 0.29) is 11.9 Å². The minimum atomic E-state index is -0.323. The van der Waals surface area contributed by atoms with Gasteiger partial charge in [0.25, 0.3) is 0 Å². The first-order chi connectivity index (χ1) is 10.2. The summed E-state index contributed by atoms with van der Waals surface area (Å²) in [6.45, 7) is 4.91. The molecule has 4 heteroatoms. The molecule has 0 bridgehead atoms. The molecule has 0 heterocycles. The van der Waals surface area contributed by atoms with Gasteiger partial charge in [-0.3, -0.25) is 0 Å². The lowest BCUT2D eigenvalue weighted by molar-refractivity contribution is 0.391. The Morgan fingerprint density at radius 2 is 1.86 bits per heavy atom. The molecule has 0 aliphatic carbocycles. The van der Waals surface area contributed by atoms with Crippen LogP contribution in [-0.2, 0) is 0 Å². The molecule has 0 aromatic heterocycles. The Hall–Kier alpha value is -2.07. The van der Waals surface area contributed by atoms with Crippen molar-refractivity contribution in [3.8, 4) is 17.2 Å². The van der Waals surface area contributed by atoms with E-state index in [0.29, 0.717) is 11.5 Å². The normalized spacial score (nSPS) is 12.0. The van der Waals surface area contributed by atoms with E-state index in [1.54, 1.807) is 19.2 Å². The second-order valence-corrected chi connectivity index (χ2v) is 4.71. The third kappa shape index (κ3) is 3.73. The van der Waals surface area contributed by atoms with Crippen LogP contribution < -0.4 is 14.8 Å². The lowest BCUT2D eigenvalue weighted by Gasteiger charge is -2.20. The highest BCUT2D eigenvalue weighted by molar-refractivity contribution is 5.48. The zero-order valence-corrected chi connectivity index (χ0v) is 12.5. The van der Waals surface area contributed by atoms with E-state index in [1.165, 1.54) is 12.1 Å². The van der Waals surface area contributed by atoms with Crippen molar-refractivity contribution >= 4 is 0 Å². The standard InChI is InChI=1S/C17H20FNO2/c1-4-19-12(2)17-15(20-3)9-6-10-16(17)21-14-8-5-7-13(18)11-14/h5-12,19H,4H2,1-3H3. The van der Waals surface area contributed by atoms with Gasteiger partial charge in [0, 0.05) is 12.1 Å². The van der Waals surface area contributed by atoms with Crippen LogP contribution in [-0.4, -0.2) is 13.7 Å². The molecule has 0 aliphatic rings. The number of halogens is 1. The molecule has 3 nitrogen and oxygen atoms in total. The molecule has 2 aromatic rings. The molecule has 1 N–H and O–H groups in total. The van der Waals surface area contributed by atoms with Crippen molar-refractivity contribution < 1.29 is 13.9 Å². The first-order valence-corrected chi connectivity index (χ1v) is 6.99. The summed E-state index contributed by atoms with van der Waals surface area (Å²) in [5, 5.41) is 3.34. The van der Waals surface area contributed by atoms with Crippen LogP contribution in [0.15, 0.2) is 42.5 Å². The van der Waals surface area contributed by atoms with Crippen molar-refractivity contribution in [2.24, 2.45) is 0 Å². The van der Waals surface area contributed by atoms with Crippen LogP contribution >= 0.6 is 0 Å². The van der Waals surface area contributed by atoms with Gasteiger partial charge < -0.3 is 14.8 Å². The molecular weight excluding hydrogens is 269 g/mol. The van der Waals surface area contributed by atoms with Gasteiger partial charge in [-0.05, 0) is 37.7 Å². The Morgan fingerprint density at radius 1 is 1.14 bits per heavy atom. The molecule has 0 saturated heterocycles. The van der Waals surface area contributed by atoms with Crippen LogP contribution in [0.2, 0.25) is 0 Å². The fourth-order valence-electron chi connectivity index (χ4n) is 2.28. The number of hydrogen-bond donors (Lipinski definition) is 1. The zero-order valence-electron chi connectivity index (χ0n) is 12.5. The van der Waals surface area contributed by atoms with Gasteiger partial charge in [-0.2, -0.15) is 0 Å². The molecule has 0 radical (unpaired) electrons. The van der Waals surface area contributed by atoms with E-state index in [2.05, 4.69) is 5.32 Å². The highest BCUT2D eigenvalue weighted by Gasteiger charge is 2.17. The van der Waals surface area contributed by atoms with Crippen molar-refractivity contribution in [2.75, 3.05) is 13.7 Å². The largest absolute Gasteiger partial charge is 0.496 e. The SMILES string of the molecule is CCNC(C)c1c(OC)cccc1Oc1cccc(F)c1. The van der Waals surface area contributed by atoms with Crippen LogP contribution in [0.5, 0.6) is 17.2 Å². The maximum absolute atomic E-state index is 13.3. The molecule has 21 heavy (non-hydrogen) atoms. The molecular formula is C17H20FNO2. The monoisotopic (exact) mass is 289 g/mol. The van der Waals surface area contributed by atoms with Crippen molar-refractivity contribution in [2.45, 2.75) is 19.9 Å². The van der Waals surface area contributed by atoms with Gasteiger partial charge in [0.15, 0.2) is 0 Å². The Morgan fingerprint density at radius 3 is 2.52 bits per heavy atom. The lowest BCUT2D eigenvalue weighted by Crippen LogP contribution is -2.19. The summed E-state index contributed by atoms with van der Waals surface area (Å²) in [7, 11) is 1.63. The number of benzene rings is 2. The van der Waals surface area contributed by atoms with Crippen LogP contribution in [0.4, 0.5) is 4.39 Å². The van der Waals surface area contributed by atoms with E-state index in [0.717, 1.165) is 17.9 Å². The number of ether oxygens (including phenoxy) is 2. The maximum Gasteiger partial charge on any atom is 0.135 e. The summed E-state index contributed by atoms with van der Waals surface area (Å²) in [4.78, 5) is 0. The molecule has 2 aromatic carbocycles. The predicted octanol–water partition coefficient (Wildman–Crippen LogP) is 4.30. The topological polar surface area (TPSA) is 30.5 Å². The summed E-state index contributed by atoms with van der Waals surface area (Å²) in [6.07, 6.45) is 0. The average molecular weight is 289 g/mol. The maximum atomic E-state index is 13.3. The third-order valence-electron chi connectivity index (χ3n) is 3.21. The number of methoxy groups -OCH3 is 1. The summed E-state index contributed by atoms with van der Waals surface area (Å²) in [6, 6.07) is 11.8. The Bertz CT molecular complexity index is 601. The zero-order chi connectivity index (χ0) is 15.2. The van der Waals surface area contributed by atoms with E-state index in [1.807, 2.05) is 32.0 Å². The van der Waals surface area contributed by atoms with E-state index in [4.69, 9.17) is 9.47 Å². The first kappa shape index (κ1) is 15.3. The quantitative estimate of drug-likeness (QED) is 0.860. The Kier molecular flexibility index (Phi) is 5.17. The van der Waals surface area contributed by atoms with E-state index >= 15 is 0 Å². The Labute approximate surface area is 124 Å². The molecule has 0 amide bonds. The van der Waals surface area contributed by atoms with Gasteiger partial charge in [-0.15, -0.1) is 0 Å². The van der Waals surface area contributed by atoms with E-state index < -0.39 is 0 Å². The van der Waals surface area contributed by atoms with Crippen molar-refractivity contribution in [3.63, 3.8) is 0 Å². The minimum absolute atomic E-state index is 0.0645. The highest BCUT2D eigenvalue weighted by Crippen LogP contribution is 2.36. The average Bonchev–Trinajstić information content (AvgIpc) is 2.47. The van der Waals surface area contributed by atoms with Crippen LogP contribution in [0.25, 0.3) is 0 Å². The second kappa shape index (κ2) is 7.09. The van der Waals surface area contributed by atoms with E-state index in [9.17, 15) is 4.39 Å². The summed E-state index contributed by atoms with van der Waals surface area (Å²) >= 11 is 0. The molecule has 112 valence electrons. The van der Waals surface area contributed by atoms with Gasteiger partial charge >= 0.3 is 0 Å². The number of rotatable bonds is 6. The smallest absolute Gasteiger partial charge is 0.135 e. The van der Waals surface area contributed by atoms with Crippen LogP contribution in [0.1, 0.15) is 25.5 Å². The number of hydrogen-bond acceptors (Lipinski definition) is 3. The van der Waals surface area contributed by atoms with Crippen molar-refractivity contribution in [1.82, 2.24) is 5.32 Å². The van der Waals surface area contributed by atoms with Crippen molar-refractivity contribution in [3.05, 3.63) is 53.8 Å². The molecule has 1 atom stereocenters. The van der Waals surface area contributed by atoms with Gasteiger partial charge in [-0.1, -0.05) is 19.1 Å². The van der Waals surface area contributed by atoms with Gasteiger partial charge in [-0.25, -0.2) is 4.39 Å². The lowest BCUT2D eigenvalue weighted by atomic mass is 10.1. The van der Waals surface area contributed by atoms with Gasteiger partial charge in [0.05, 0.1) is 12.7 Å². The molecule has 0 fully saturated rings. The third-order valence-corrected chi connectivity index (χ3v) is 3.21. The van der Waals surface area contributed by atoms with Crippen molar-refractivity contribution in [1.29, 1.82) is 0 Å².